The Morgan fingerprint density at radius 3 is 2.48 bits per heavy atom. The van der Waals surface area contributed by atoms with E-state index in [1.54, 1.807) is 0 Å². The lowest BCUT2D eigenvalue weighted by Gasteiger charge is -2.27. The van der Waals surface area contributed by atoms with Crippen molar-refractivity contribution in [2.24, 2.45) is 11.3 Å². The van der Waals surface area contributed by atoms with Crippen molar-refractivity contribution in [1.29, 1.82) is 0 Å². The molecule has 2 N–H and O–H groups in total. The van der Waals surface area contributed by atoms with Gasteiger partial charge in [0.05, 0.1) is 4.92 Å². The molecule has 1 atom stereocenters. The second-order valence-corrected chi connectivity index (χ2v) is 6.22. The van der Waals surface area contributed by atoms with Gasteiger partial charge in [0.25, 0.3) is 11.6 Å². The van der Waals surface area contributed by atoms with Crippen LogP contribution in [0.2, 0.25) is 0 Å². The van der Waals surface area contributed by atoms with Crippen LogP contribution in [0.4, 0.5) is 11.4 Å². The van der Waals surface area contributed by atoms with Crippen molar-refractivity contribution in [3.63, 3.8) is 0 Å². The summed E-state index contributed by atoms with van der Waals surface area (Å²) in [5.41, 5.74) is 0.843. The van der Waals surface area contributed by atoms with E-state index in [-0.39, 0.29) is 17.0 Å². The Hall–Kier alpha value is -2.11. The predicted octanol–water partition coefficient (Wildman–Crippen LogP) is 3.05. The minimum Gasteiger partial charge on any atom is -0.379 e. The van der Waals surface area contributed by atoms with E-state index in [9.17, 15) is 14.9 Å². The summed E-state index contributed by atoms with van der Waals surface area (Å²) < 4.78 is 0. The van der Waals surface area contributed by atoms with Crippen LogP contribution < -0.4 is 10.6 Å². The lowest BCUT2D eigenvalue weighted by Crippen LogP contribution is -2.25. The molecule has 1 rings (SSSR count). The standard InChI is InChI=1S/C15H23N3O3/c1-10(15(2,3)4)9-17-12-8-11(14(19)16-5)6-7-13(12)18(20)21/h6-8,10,17H,9H2,1-5H3,(H,16,19). The van der Waals surface area contributed by atoms with Crippen molar-refractivity contribution in [2.75, 3.05) is 18.9 Å². The normalized spacial score (nSPS) is 12.6. The van der Waals surface area contributed by atoms with Crippen molar-refractivity contribution in [3.05, 3.63) is 33.9 Å². The lowest BCUT2D eigenvalue weighted by molar-refractivity contribution is -0.384. The first-order valence-corrected chi connectivity index (χ1v) is 6.91. The molecule has 6 nitrogen and oxygen atoms in total. The molecule has 0 radical (unpaired) electrons. The van der Waals surface area contributed by atoms with Crippen molar-refractivity contribution in [1.82, 2.24) is 5.32 Å². The summed E-state index contributed by atoms with van der Waals surface area (Å²) in [7, 11) is 1.53. The third-order valence-corrected chi connectivity index (χ3v) is 3.76. The number of hydrogen-bond acceptors (Lipinski definition) is 4. The van der Waals surface area contributed by atoms with Gasteiger partial charge in [-0.1, -0.05) is 27.7 Å². The van der Waals surface area contributed by atoms with E-state index >= 15 is 0 Å². The van der Waals surface area contributed by atoms with Crippen LogP contribution in [0.15, 0.2) is 18.2 Å². The van der Waals surface area contributed by atoms with E-state index in [1.807, 2.05) is 0 Å². The fourth-order valence-corrected chi connectivity index (χ4v) is 1.69. The molecule has 0 aliphatic rings. The van der Waals surface area contributed by atoms with Gasteiger partial charge in [-0.05, 0) is 23.5 Å². The largest absolute Gasteiger partial charge is 0.379 e. The third-order valence-electron chi connectivity index (χ3n) is 3.76. The molecule has 0 aliphatic carbocycles. The second-order valence-electron chi connectivity index (χ2n) is 6.22. The number of carbonyl (C=O) groups excluding carboxylic acids is 1. The van der Waals surface area contributed by atoms with E-state index < -0.39 is 4.92 Å². The van der Waals surface area contributed by atoms with Gasteiger partial charge in [0, 0.05) is 25.2 Å². The molecule has 0 spiro atoms. The van der Waals surface area contributed by atoms with Crippen LogP contribution in [-0.4, -0.2) is 24.4 Å². The number of nitro benzene ring substituents is 1. The van der Waals surface area contributed by atoms with Crippen LogP contribution in [0.5, 0.6) is 0 Å². The average molecular weight is 293 g/mol. The highest BCUT2D eigenvalue weighted by molar-refractivity contribution is 5.95. The zero-order chi connectivity index (χ0) is 16.2. The minimum absolute atomic E-state index is 0.0243. The Labute approximate surface area is 125 Å². The quantitative estimate of drug-likeness (QED) is 0.645. The molecule has 1 aromatic carbocycles. The number of benzene rings is 1. The number of hydrogen-bond donors (Lipinski definition) is 2. The Kier molecular flexibility index (Phi) is 5.29. The molecule has 0 aromatic heterocycles. The van der Waals surface area contributed by atoms with Gasteiger partial charge in [0.2, 0.25) is 0 Å². The smallest absolute Gasteiger partial charge is 0.292 e. The zero-order valence-corrected chi connectivity index (χ0v) is 13.2. The molecule has 6 heteroatoms. The van der Waals surface area contributed by atoms with Crippen molar-refractivity contribution < 1.29 is 9.72 Å². The van der Waals surface area contributed by atoms with Gasteiger partial charge in [-0.15, -0.1) is 0 Å². The fourth-order valence-electron chi connectivity index (χ4n) is 1.69. The molecular formula is C15H23N3O3. The van der Waals surface area contributed by atoms with Crippen LogP contribution in [0.25, 0.3) is 0 Å². The third kappa shape index (κ3) is 4.44. The Morgan fingerprint density at radius 2 is 2.00 bits per heavy atom. The van der Waals surface area contributed by atoms with Gasteiger partial charge in [-0.3, -0.25) is 14.9 Å². The summed E-state index contributed by atoms with van der Waals surface area (Å²) >= 11 is 0. The molecular weight excluding hydrogens is 270 g/mol. The summed E-state index contributed by atoms with van der Waals surface area (Å²) in [5, 5.41) is 16.7. The molecule has 1 amide bonds. The topological polar surface area (TPSA) is 84.3 Å². The van der Waals surface area contributed by atoms with Crippen LogP contribution in [0.3, 0.4) is 0 Å². The first kappa shape index (κ1) is 16.9. The number of rotatable bonds is 5. The molecule has 116 valence electrons. The second kappa shape index (κ2) is 6.56. The number of carbonyl (C=O) groups is 1. The minimum atomic E-state index is -0.447. The molecule has 0 fully saturated rings. The average Bonchev–Trinajstić information content (AvgIpc) is 2.42. The number of nitrogens with zero attached hydrogens (tertiary/aromatic N) is 1. The molecule has 0 saturated heterocycles. The van der Waals surface area contributed by atoms with Crippen LogP contribution in [0.1, 0.15) is 38.1 Å². The highest BCUT2D eigenvalue weighted by Crippen LogP contribution is 2.29. The highest BCUT2D eigenvalue weighted by atomic mass is 16.6. The van der Waals surface area contributed by atoms with Gasteiger partial charge in [-0.25, -0.2) is 0 Å². The van der Waals surface area contributed by atoms with Crippen molar-refractivity contribution in [3.8, 4) is 0 Å². The summed E-state index contributed by atoms with van der Waals surface area (Å²) in [4.78, 5) is 22.3. The first-order valence-electron chi connectivity index (χ1n) is 6.91. The summed E-state index contributed by atoms with van der Waals surface area (Å²) in [6, 6.07) is 4.33. The van der Waals surface area contributed by atoms with Crippen molar-refractivity contribution >= 4 is 17.3 Å². The van der Waals surface area contributed by atoms with Crippen LogP contribution >= 0.6 is 0 Å². The lowest BCUT2D eigenvalue weighted by atomic mass is 9.82. The zero-order valence-electron chi connectivity index (χ0n) is 13.2. The van der Waals surface area contributed by atoms with E-state index in [1.165, 1.54) is 25.2 Å². The molecule has 0 heterocycles. The maximum absolute atomic E-state index is 11.6. The summed E-state index contributed by atoms with van der Waals surface area (Å²) in [6.07, 6.45) is 0. The van der Waals surface area contributed by atoms with Gasteiger partial charge in [-0.2, -0.15) is 0 Å². The first-order chi connectivity index (χ1) is 9.66. The van der Waals surface area contributed by atoms with Crippen LogP contribution in [-0.2, 0) is 0 Å². The van der Waals surface area contributed by atoms with E-state index in [0.717, 1.165) is 0 Å². The van der Waals surface area contributed by atoms with Gasteiger partial charge >= 0.3 is 0 Å². The molecule has 1 aromatic rings. The summed E-state index contributed by atoms with van der Waals surface area (Å²) in [5.74, 6) is 0.0533. The highest BCUT2D eigenvalue weighted by Gasteiger charge is 2.22. The Bertz CT molecular complexity index is 535. The van der Waals surface area contributed by atoms with Gasteiger partial charge in [0.1, 0.15) is 5.69 Å². The number of amides is 1. The van der Waals surface area contributed by atoms with Crippen molar-refractivity contribution in [2.45, 2.75) is 27.7 Å². The monoisotopic (exact) mass is 293 g/mol. The van der Waals surface area contributed by atoms with Crippen LogP contribution in [0, 0.1) is 21.4 Å². The number of nitrogens with one attached hydrogen (secondary N) is 2. The SMILES string of the molecule is CNC(=O)c1ccc([N+](=O)[O-])c(NCC(C)C(C)(C)C)c1. The fraction of sp³-hybridized carbons (Fsp3) is 0.533. The Balaban J connectivity index is 3.02. The Morgan fingerprint density at radius 1 is 1.38 bits per heavy atom. The molecule has 0 aliphatic heterocycles. The number of nitro groups is 1. The predicted molar refractivity (Wildman–Crippen MR) is 83.6 cm³/mol. The maximum Gasteiger partial charge on any atom is 0.292 e. The molecule has 0 saturated carbocycles. The number of anilines is 1. The maximum atomic E-state index is 11.6. The molecule has 0 bridgehead atoms. The summed E-state index contributed by atoms with van der Waals surface area (Å²) in [6.45, 7) is 9.04. The van der Waals surface area contributed by atoms with Gasteiger partial charge in [0.15, 0.2) is 0 Å². The van der Waals surface area contributed by atoms with Gasteiger partial charge < -0.3 is 10.6 Å². The molecule has 21 heavy (non-hydrogen) atoms. The van der Waals surface area contributed by atoms with E-state index in [0.29, 0.717) is 23.7 Å². The molecule has 1 unspecified atom stereocenters. The van der Waals surface area contributed by atoms with E-state index in [4.69, 9.17) is 0 Å². The van der Waals surface area contributed by atoms with E-state index in [2.05, 4.69) is 38.3 Å².